The molecular formula is C23H26N2O7. The number of aliphatic hydroxyl groups is 1. The van der Waals surface area contributed by atoms with Crippen molar-refractivity contribution in [3.63, 3.8) is 0 Å². The number of fused-ring (bicyclic) bond motifs is 1. The van der Waals surface area contributed by atoms with Crippen LogP contribution in [0.2, 0.25) is 0 Å². The second-order valence-corrected chi connectivity index (χ2v) is 7.81. The molecule has 1 saturated heterocycles. The van der Waals surface area contributed by atoms with Crippen LogP contribution in [0.15, 0.2) is 36.4 Å². The molecule has 170 valence electrons. The van der Waals surface area contributed by atoms with Crippen molar-refractivity contribution in [3.05, 3.63) is 42.0 Å². The number of nitrogens with zero attached hydrogens (tertiary/aromatic N) is 1. The molecule has 2 unspecified atom stereocenters. The fourth-order valence-corrected chi connectivity index (χ4v) is 3.71. The van der Waals surface area contributed by atoms with E-state index in [1.807, 2.05) is 25.1 Å². The van der Waals surface area contributed by atoms with Crippen LogP contribution in [0, 0.1) is 12.8 Å². The molecule has 32 heavy (non-hydrogen) atoms. The van der Waals surface area contributed by atoms with E-state index in [1.54, 1.807) is 30.2 Å². The number of aliphatic hydroxyl groups excluding tert-OH is 1. The van der Waals surface area contributed by atoms with Crippen LogP contribution in [0.3, 0.4) is 0 Å². The van der Waals surface area contributed by atoms with E-state index in [0.29, 0.717) is 28.7 Å². The second kappa shape index (κ2) is 9.35. The quantitative estimate of drug-likeness (QED) is 0.640. The van der Waals surface area contributed by atoms with Crippen LogP contribution < -0.4 is 29.2 Å². The van der Waals surface area contributed by atoms with Crippen LogP contribution in [-0.2, 0) is 9.59 Å². The van der Waals surface area contributed by atoms with Gasteiger partial charge in [-0.25, -0.2) is 0 Å². The van der Waals surface area contributed by atoms with Gasteiger partial charge >= 0.3 is 0 Å². The van der Waals surface area contributed by atoms with E-state index in [1.165, 1.54) is 0 Å². The Morgan fingerprint density at radius 3 is 2.88 bits per heavy atom. The van der Waals surface area contributed by atoms with Crippen molar-refractivity contribution in [1.82, 2.24) is 5.32 Å². The summed E-state index contributed by atoms with van der Waals surface area (Å²) in [7, 11) is 1.55. The molecule has 2 aromatic rings. The molecule has 2 heterocycles. The highest BCUT2D eigenvalue weighted by molar-refractivity contribution is 6.01. The van der Waals surface area contributed by atoms with Crippen molar-refractivity contribution < 1.29 is 33.6 Å². The molecule has 0 aliphatic carbocycles. The van der Waals surface area contributed by atoms with Gasteiger partial charge in [0, 0.05) is 25.6 Å². The predicted octanol–water partition coefficient (Wildman–Crippen LogP) is 1.64. The van der Waals surface area contributed by atoms with Crippen molar-refractivity contribution in [3.8, 4) is 23.0 Å². The minimum Gasteiger partial charge on any atom is -0.495 e. The normalized spacial score (nSPS) is 17.9. The van der Waals surface area contributed by atoms with Crippen molar-refractivity contribution in [2.75, 3.05) is 38.5 Å². The predicted molar refractivity (Wildman–Crippen MR) is 115 cm³/mol. The molecule has 2 amide bonds. The first-order chi connectivity index (χ1) is 15.4. The maximum atomic E-state index is 12.6. The Morgan fingerprint density at radius 1 is 1.25 bits per heavy atom. The SMILES string of the molecule is COc1ccc(C)cc1N1CC(C(=O)NCC(O)COc2ccc3c(c2)OCO3)CC1=O. The van der Waals surface area contributed by atoms with Gasteiger partial charge in [0.1, 0.15) is 24.2 Å². The molecule has 2 aromatic carbocycles. The highest BCUT2D eigenvalue weighted by atomic mass is 16.7. The van der Waals surface area contributed by atoms with Gasteiger partial charge in [-0.05, 0) is 36.8 Å². The number of benzene rings is 2. The summed E-state index contributed by atoms with van der Waals surface area (Å²) in [6.07, 6.45) is -0.804. The van der Waals surface area contributed by atoms with E-state index in [9.17, 15) is 14.7 Å². The van der Waals surface area contributed by atoms with Crippen LogP contribution >= 0.6 is 0 Å². The van der Waals surface area contributed by atoms with Gasteiger partial charge in [0.05, 0.1) is 18.7 Å². The van der Waals surface area contributed by atoms with Crippen LogP contribution in [-0.4, -0.2) is 56.6 Å². The highest BCUT2D eigenvalue weighted by Crippen LogP contribution is 2.35. The molecule has 0 saturated carbocycles. The molecule has 2 N–H and O–H groups in total. The average molecular weight is 442 g/mol. The summed E-state index contributed by atoms with van der Waals surface area (Å²) in [5, 5.41) is 12.9. The molecule has 2 atom stereocenters. The Bertz CT molecular complexity index is 1010. The van der Waals surface area contributed by atoms with Crippen molar-refractivity contribution in [2.45, 2.75) is 19.4 Å². The molecule has 2 aliphatic heterocycles. The topological polar surface area (TPSA) is 107 Å². The summed E-state index contributed by atoms with van der Waals surface area (Å²) in [5.74, 6) is 1.43. The van der Waals surface area contributed by atoms with Gasteiger partial charge in [0.25, 0.3) is 0 Å². The zero-order valence-electron chi connectivity index (χ0n) is 18.0. The number of anilines is 1. The molecule has 0 bridgehead atoms. The molecule has 9 heteroatoms. The highest BCUT2D eigenvalue weighted by Gasteiger charge is 2.36. The molecule has 0 aromatic heterocycles. The molecule has 2 aliphatic rings. The number of ether oxygens (including phenoxy) is 4. The molecule has 0 spiro atoms. The first-order valence-corrected chi connectivity index (χ1v) is 10.4. The van der Waals surface area contributed by atoms with E-state index in [-0.39, 0.29) is 44.7 Å². The number of nitrogens with one attached hydrogen (secondary N) is 1. The van der Waals surface area contributed by atoms with Gasteiger partial charge in [0.15, 0.2) is 11.5 Å². The Kier molecular flexibility index (Phi) is 6.36. The van der Waals surface area contributed by atoms with E-state index in [2.05, 4.69) is 5.32 Å². The van der Waals surface area contributed by atoms with Gasteiger partial charge in [-0.1, -0.05) is 6.07 Å². The van der Waals surface area contributed by atoms with Crippen LogP contribution in [0.1, 0.15) is 12.0 Å². The first-order valence-electron chi connectivity index (χ1n) is 10.4. The second-order valence-electron chi connectivity index (χ2n) is 7.81. The molecule has 1 fully saturated rings. The monoisotopic (exact) mass is 442 g/mol. The largest absolute Gasteiger partial charge is 0.495 e. The molecule has 4 rings (SSSR count). The summed E-state index contributed by atoms with van der Waals surface area (Å²) < 4.78 is 21.5. The minimum atomic E-state index is -0.908. The van der Waals surface area contributed by atoms with E-state index in [4.69, 9.17) is 18.9 Å². The lowest BCUT2D eigenvalue weighted by molar-refractivity contribution is -0.126. The molecular weight excluding hydrogens is 416 g/mol. The van der Waals surface area contributed by atoms with Gasteiger partial charge in [-0.3, -0.25) is 9.59 Å². The van der Waals surface area contributed by atoms with Gasteiger partial charge in [0.2, 0.25) is 18.6 Å². The zero-order valence-corrected chi connectivity index (χ0v) is 18.0. The number of methoxy groups -OCH3 is 1. The summed E-state index contributed by atoms with van der Waals surface area (Å²) in [4.78, 5) is 26.7. The first kappa shape index (κ1) is 21.8. The smallest absolute Gasteiger partial charge is 0.231 e. The maximum absolute atomic E-state index is 12.6. The lowest BCUT2D eigenvalue weighted by atomic mass is 10.1. The van der Waals surface area contributed by atoms with E-state index >= 15 is 0 Å². The number of hydrogen-bond acceptors (Lipinski definition) is 7. The van der Waals surface area contributed by atoms with Crippen molar-refractivity contribution in [1.29, 1.82) is 0 Å². The van der Waals surface area contributed by atoms with Crippen LogP contribution in [0.25, 0.3) is 0 Å². The third kappa shape index (κ3) is 4.72. The number of carbonyl (C=O) groups excluding carboxylic acids is 2. The number of aryl methyl sites for hydroxylation is 1. The van der Waals surface area contributed by atoms with Crippen LogP contribution in [0.5, 0.6) is 23.0 Å². The van der Waals surface area contributed by atoms with Crippen molar-refractivity contribution in [2.24, 2.45) is 5.92 Å². The Balaban J connectivity index is 1.27. The summed E-state index contributed by atoms with van der Waals surface area (Å²) in [6.45, 7) is 2.37. The van der Waals surface area contributed by atoms with Crippen molar-refractivity contribution >= 4 is 17.5 Å². The fourth-order valence-electron chi connectivity index (χ4n) is 3.71. The van der Waals surface area contributed by atoms with E-state index < -0.39 is 12.0 Å². The Hall–Kier alpha value is -3.46. The average Bonchev–Trinajstić information content (AvgIpc) is 3.42. The van der Waals surface area contributed by atoms with Gasteiger partial charge < -0.3 is 34.3 Å². The zero-order chi connectivity index (χ0) is 22.7. The summed E-state index contributed by atoms with van der Waals surface area (Å²) in [5.41, 5.74) is 1.65. The molecule has 0 radical (unpaired) electrons. The van der Waals surface area contributed by atoms with Crippen LogP contribution in [0.4, 0.5) is 5.69 Å². The van der Waals surface area contributed by atoms with E-state index in [0.717, 1.165) is 5.56 Å². The molecule has 9 nitrogen and oxygen atoms in total. The van der Waals surface area contributed by atoms with Gasteiger partial charge in [-0.15, -0.1) is 0 Å². The third-order valence-electron chi connectivity index (χ3n) is 5.42. The maximum Gasteiger partial charge on any atom is 0.231 e. The number of amides is 2. The standard InChI is InChI=1S/C23H26N2O7/c1-14-3-5-19(29-2)18(7-14)25-11-15(8-22(25)27)23(28)24-10-16(26)12-30-17-4-6-20-21(9-17)32-13-31-20/h3-7,9,15-16,26H,8,10-13H2,1-2H3,(H,24,28). The third-order valence-corrected chi connectivity index (χ3v) is 5.42. The lowest BCUT2D eigenvalue weighted by Crippen LogP contribution is -2.39. The minimum absolute atomic E-state index is 0.00383. The number of hydrogen-bond donors (Lipinski definition) is 2. The number of carbonyl (C=O) groups is 2. The summed E-state index contributed by atoms with van der Waals surface area (Å²) in [6, 6.07) is 10.7. The summed E-state index contributed by atoms with van der Waals surface area (Å²) >= 11 is 0. The Labute approximate surface area is 185 Å². The fraction of sp³-hybridized carbons (Fsp3) is 0.391. The number of rotatable bonds is 8. The Morgan fingerprint density at radius 2 is 2.06 bits per heavy atom. The van der Waals surface area contributed by atoms with Gasteiger partial charge in [-0.2, -0.15) is 0 Å². The lowest BCUT2D eigenvalue weighted by Gasteiger charge is -2.20.